The van der Waals surface area contributed by atoms with E-state index in [0.717, 1.165) is 11.0 Å². The van der Waals surface area contributed by atoms with Gasteiger partial charge >= 0.3 is 0 Å². The van der Waals surface area contributed by atoms with Crippen LogP contribution in [0.5, 0.6) is 5.75 Å². The monoisotopic (exact) mass is 494 g/mol. The molecule has 3 aliphatic carbocycles. The number of hydrogen-bond donors (Lipinski definition) is 7. The van der Waals surface area contributed by atoms with E-state index in [2.05, 4.69) is 0 Å². The summed E-state index contributed by atoms with van der Waals surface area (Å²) in [7, 11) is 2.66. The molecule has 0 saturated heterocycles. The van der Waals surface area contributed by atoms with Crippen LogP contribution in [0.3, 0.4) is 0 Å². The minimum absolute atomic E-state index is 0.0636. The molecular formula is C22H23ClN2O9. The van der Waals surface area contributed by atoms with Crippen molar-refractivity contribution in [1.82, 2.24) is 4.90 Å². The quantitative estimate of drug-likeness (QED) is 0.260. The third-order valence-electron chi connectivity index (χ3n) is 7.16. The number of Topliss-reactive ketones (excluding diaryl/α,β-unsaturated/α-hetero) is 2. The molecule has 34 heavy (non-hydrogen) atoms. The summed E-state index contributed by atoms with van der Waals surface area (Å²) in [6.45, 7) is 1.23. The molecule has 8 N–H and O–H groups in total. The number of aromatic hydroxyl groups is 1. The normalized spacial score (nSPS) is 35.3. The Bertz CT molecular complexity index is 1250. The Morgan fingerprint density at radius 3 is 2.26 bits per heavy atom. The van der Waals surface area contributed by atoms with Gasteiger partial charge in [-0.05, 0) is 39.6 Å². The molecular weight excluding hydrogens is 472 g/mol. The summed E-state index contributed by atoms with van der Waals surface area (Å²) in [5.74, 6) is -8.36. The number of carbonyl (C=O) groups is 3. The summed E-state index contributed by atoms with van der Waals surface area (Å²) in [5, 5.41) is 66.9. The lowest BCUT2D eigenvalue weighted by atomic mass is 9.52. The van der Waals surface area contributed by atoms with Crippen LogP contribution < -0.4 is 5.73 Å². The van der Waals surface area contributed by atoms with Crippen LogP contribution in [0, 0.1) is 5.92 Å². The zero-order chi connectivity index (χ0) is 25.7. The zero-order valence-corrected chi connectivity index (χ0v) is 19.1. The molecule has 1 unspecified atom stereocenters. The first-order valence-electron chi connectivity index (χ1n) is 10.2. The van der Waals surface area contributed by atoms with E-state index in [-0.39, 0.29) is 16.1 Å². The number of amides is 1. The first-order chi connectivity index (χ1) is 15.5. The molecule has 1 saturated carbocycles. The first-order valence-corrected chi connectivity index (χ1v) is 10.5. The predicted octanol–water partition coefficient (Wildman–Crippen LogP) is -0.603. The van der Waals surface area contributed by atoms with Gasteiger partial charge in [0.15, 0.2) is 11.5 Å². The van der Waals surface area contributed by atoms with Crippen LogP contribution in [0.1, 0.15) is 24.5 Å². The number of phenolic OH excluding ortho intramolecular Hbond substituents is 1. The van der Waals surface area contributed by atoms with Crippen molar-refractivity contribution in [3.05, 3.63) is 45.2 Å². The molecule has 4 rings (SSSR count). The molecule has 1 aromatic rings. The van der Waals surface area contributed by atoms with Crippen LogP contribution >= 0.6 is 11.6 Å². The molecule has 1 amide bonds. The number of halogens is 1. The maximum atomic E-state index is 13.7. The summed E-state index contributed by atoms with van der Waals surface area (Å²) in [6.07, 6.45) is -0.738. The number of aliphatic hydroxyl groups is 5. The second kappa shape index (κ2) is 7.03. The summed E-state index contributed by atoms with van der Waals surface area (Å²) >= 11 is 6.25. The van der Waals surface area contributed by atoms with Crippen LogP contribution in [0.25, 0.3) is 5.76 Å². The number of benzene rings is 1. The predicted molar refractivity (Wildman–Crippen MR) is 117 cm³/mol. The summed E-state index contributed by atoms with van der Waals surface area (Å²) in [6, 6.07) is 0.635. The molecule has 0 radical (unpaired) electrons. The summed E-state index contributed by atoms with van der Waals surface area (Å²) < 4.78 is 0. The van der Waals surface area contributed by atoms with Crippen LogP contribution in [0.2, 0.25) is 5.02 Å². The average Bonchev–Trinajstić information content (AvgIpc) is 2.70. The highest BCUT2D eigenvalue weighted by atomic mass is 35.5. The van der Waals surface area contributed by atoms with E-state index in [1.54, 1.807) is 0 Å². The second-order valence-corrected chi connectivity index (χ2v) is 9.67. The Hall–Kier alpha value is -2.96. The maximum Gasteiger partial charge on any atom is 0.255 e. The van der Waals surface area contributed by atoms with Gasteiger partial charge in [0.2, 0.25) is 11.4 Å². The Morgan fingerprint density at radius 1 is 1.15 bits per heavy atom. The fourth-order valence-corrected chi connectivity index (χ4v) is 5.99. The highest BCUT2D eigenvalue weighted by Crippen LogP contribution is 2.59. The van der Waals surface area contributed by atoms with Gasteiger partial charge in [0.05, 0.1) is 11.2 Å². The van der Waals surface area contributed by atoms with Gasteiger partial charge in [0.1, 0.15) is 28.7 Å². The number of nitrogens with zero attached hydrogens (tertiary/aromatic N) is 1. The van der Waals surface area contributed by atoms with Crippen molar-refractivity contribution >= 4 is 34.8 Å². The number of phenols is 1. The number of ketones is 2. The van der Waals surface area contributed by atoms with E-state index in [1.165, 1.54) is 27.1 Å². The minimum atomic E-state index is -3.29. The second-order valence-electron chi connectivity index (χ2n) is 9.27. The number of primary amides is 1. The fraction of sp³-hybridized carbons (Fsp3) is 0.409. The van der Waals surface area contributed by atoms with E-state index in [9.17, 15) is 45.0 Å². The van der Waals surface area contributed by atoms with Crippen molar-refractivity contribution in [2.24, 2.45) is 11.7 Å². The molecule has 0 spiro atoms. The molecule has 0 aromatic heterocycles. The minimum Gasteiger partial charge on any atom is -0.508 e. The van der Waals surface area contributed by atoms with Crippen LogP contribution in [-0.4, -0.2) is 84.4 Å². The lowest BCUT2D eigenvalue weighted by molar-refractivity contribution is -0.210. The SMILES string of the molecule is CN(C)[C@@H]1C(=O)C(C(N)=O)=C(O)[C@@]2(O)C(=O)C3=C(O)c4c(O)ccc(Cl)c4[C@@](C)(O)[C@H]3CC12O. The maximum absolute atomic E-state index is 13.7. The first kappa shape index (κ1) is 24.2. The number of rotatable bonds is 2. The number of likely N-dealkylation sites (N-methyl/N-ethyl adjacent to an activating group) is 1. The summed E-state index contributed by atoms with van der Waals surface area (Å²) in [4.78, 5) is 40.0. The van der Waals surface area contributed by atoms with E-state index >= 15 is 0 Å². The van der Waals surface area contributed by atoms with Gasteiger partial charge in [0, 0.05) is 22.1 Å². The molecule has 0 heterocycles. The highest BCUT2D eigenvalue weighted by Gasteiger charge is 2.74. The van der Waals surface area contributed by atoms with Gasteiger partial charge < -0.3 is 36.4 Å². The van der Waals surface area contributed by atoms with Crippen LogP contribution in [-0.2, 0) is 20.0 Å². The summed E-state index contributed by atoms with van der Waals surface area (Å²) in [5.41, 5.74) is -5.15. The van der Waals surface area contributed by atoms with Gasteiger partial charge in [-0.15, -0.1) is 0 Å². The van der Waals surface area contributed by atoms with E-state index < -0.39 is 81.1 Å². The lowest BCUT2D eigenvalue weighted by Gasteiger charge is -2.57. The van der Waals surface area contributed by atoms with Crippen molar-refractivity contribution in [2.45, 2.75) is 36.2 Å². The average molecular weight is 495 g/mol. The van der Waals surface area contributed by atoms with Gasteiger partial charge in [-0.3, -0.25) is 19.3 Å². The highest BCUT2D eigenvalue weighted by molar-refractivity contribution is 6.32. The van der Waals surface area contributed by atoms with Crippen molar-refractivity contribution in [1.29, 1.82) is 0 Å². The molecule has 12 heteroatoms. The fourth-order valence-electron chi connectivity index (χ4n) is 5.65. The van der Waals surface area contributed by atoms with Crippen molar-refractivity contribution in [3.8, 4) is 5.75 Å². The third kappa shape index (κ3) is 2.58. The van der Waals surface area contributed by atoms with Gasteiger partial charge in [-0.2, -0.15) is 0 Å². The standard InChI is InChI=1S/C22H23ClN2O9/c1-20(32)7-6-21(33)16(25(2)3)15(28)12(19(24)31)18(30)22(21,34)17(29)10(7)14(27)11-9(26)5-4-8(23)13(11)20/h4-5,7,16,26-27,30,32-34H,6H2,1-3H3,(H2,24,31)/t7-,16+,20-,21?,22-/m0/s1. The number of carbonyl (C=O) groups excluding carboxylic acids is 3. The molecule has 3 aliphatic rings. The molecule has 5 atom stereocenters. The Balaban J connectivity index is 2.13. The Labute approximate surface area is 198 Å². The molecule has 0 bridgehead atoms. The third-order valence-corrected chi connectivity index (χ3v) is 7.48. The van der Waals surface area contributed by atoms with E-state index in [0.29, 0.717) is 0 Å². The number of hydrogen-bond acceptors (Lipinski definition) is 10. The van der Waals surface area contributed by atoms with Crippen LogP contribution in [0.4, 0.5) is 0 Å². The Morgan fingerprint density at radius 2 is 1.74 bits per heavy atom. The lowest BCUT2D eigenvalue weighted by Crippen LogP contribution is -2.77. The molecule has 11 nitrogen and oxygen atoms in total. The van der Waals surface area contributed by atoms with Crippen LogP contribution in [0.15, 0.2) is 29.0 Å². The number of nitrogens with two attached hydrogens (primary N) is 1. The van der Waals surface area contributed by atoms with Crippen molar-refractivity contribution < 1.29 is 45.0 Å². The van der Waals surface area contributed by atoms with Crippen molar-refractivity contribution in [2.75, 3.05) is 14.1 Å². The number of fused-ring (bicyclic) bond motifs is 3. The Kier molecular flexibility index (Phi) is 5.00. The molecule has 1 aromatic carbocycles. The number of aliphatic hydroxyl groups excluding tert-OH is 2. The van der Waals surface area contributed by atoms with Gasteiger partial charge in [-0.1, -0.05) is 11.6 Å². The van der Waals surface area contributed by atoms with E-state index in [1.807, 2.05) is 0 Å². The van der Waals surface area contributed by atoms with Gasteiger partial charge in [-0.25, -0.2) is 0 Å². The smallest absolute Gasteiger partial charge is 0.255 e. The molecule has 1 fully saturated rings. The van der Waals surface area contributed by atoms with E-state index in [4.69, 9.17) is 17.3 Å². The zero-order valence-electron chi connectivity index (χ0n) is 18.3. The van der Waals surface area contributed by atoms with Crippen molar-refractivity contribution in [3.63, 3.8) is 0 Å². The van der Waals surface area contributed by atoms with Gasteiger partial charge in [0.25, 0.3) is 5.91 Å². The molecule has 182 valence electrons. The topological polar surface area (TPSA) is 202 Å². The molecule has 0 aliphatic heterocycles. The largest absolute Gasteiger partial charge is 0.508 e.